The second-order valence-corrected chi connectivity index (χ2v) is 5.88. The SMILES string of the molecule is COc1ccc(CNC(=O)C(=N/C(=O)OCc2ccccc2)/C(C)=C\N)cc1. The summed E-state index contributed by atoms with van der Waals surface area (Å²) in [6.07, 6.45) is 0.357. The van der Waals surface area contributed by atoms with Crippen molar-refractivity contribution in [3.05, 3.63) is 77.5 Å². The highest BCUT2D eigenvalue weighted by molar-refractivity contribution is 6.46. The molecule has 2 aromatic rings. The van der Waals surface area contributed by atoms with Crippen LogP contribution >= 0.6 is 0 Å². The number of nitrogens with two attached hydrogens (primary N) is 1. The molecule has 0 aliphatic rings. The van der Waals surface area contributed by atoms with Crippen LogP contribution in [0.2, 0.25) is 0 Å². The summed E-state index contributed by atoms with van der Waals surface area (Å²) < 4.78 is 10.2. The van der Waals surface area contributed by atoms with Crippen molar-refractivity contribution in [2.24, 2.45) is 10.7 Å². The van der Waals surface area contributed by atoms with Crippen molar-refractivity contribution in [1.29, 1.82) is 0 Å². The van der Waals surface area contributed by atoms with Crippen LogP contribution in [0, 0.1) is 0 Å². The van der Waals surface area contributed by atoms with Gasteiger partial charge in [-0.05, 0) is 42.0 Å². The maximum atomic E-state index is 12.5. The monoisotopic (exact) mass is 381 g/mol. The first-order valence-corrected chi connectivity index (χ1v) is 8.63. The maximum absolute atomic E-state index is 12.5. The van der Waals surface area contributed by atoms with Gasteiger partial charge in [0.15, 0.2) is 0 Å². The van der Waals surface area contributed by atoms with Gasteiger partial charge >= 0.3 is 6.09 Å². The topological polar surface area (TPSA) is 103 Å². The Bertz CT molecular complexity index is 859. The third kappa shape index (κ3) is 6.28. The summed E-state index contributed by atoms with van der Waals surface area (Å²) in [6, 6.07) is 16.4. The largest absolute Gasteiger partial charge is 0.497 e. The highest BCUT2D eigenvalue weighted by Crippen LogP contribution is 2.11. The molecule has 7 nitrogen and oxygen atoms in total. The zero-order valence-electron chi connectivity index (χ0n) is 15.8. The lowest BCUT2D eigenvalue weighted by atomic mass is 10.1. The van der Waals surface area contributed by atoms with Gasteiger partial charge in [-0.3, -0.25) is 4.79 Å². The van der Waals surface area contributed by atoms with E-state index in [0.717, 1.165) is 16.9 Å². The van der Waals surface area contributed by atoms with E-state index in [1.165, 1.54) is 6.20 Å². The molecule has 0 radical (unpaired) electrons. The molecule has 2 amide bonds. The lowest BCUT2D eigenvalue weighted by molar-refractivity contribution is -0.114. The van der Waals surface area contributed by atoms with Crippen molar-refractivity contribution < 1.29 is 19.1 Å². The van der Waals surface area contributed by atoms with E-state index in [4.69, 9.17) is 15.2 Å². The van der Waals surface area contributed by atoms with Crippen LogP contribution in [0.3, 0.4) is 0 Å². The van der Waals surface area contributed by atoms with Crippen molar-refractivity contribution >= 4 is 17.7 Å². The van der Waals surface area contributed by atoms with Crippen LogP contribution < -0.4 is 15.8 Å². The average Bonchev–Trinajstić information content (AvgIpc) is 2.74. The van der Waals surface area contributed by atoms with E-state index in [-0.39, 0.29) is 18.9 Å². The molecule has 28 heavy (non-hydrogen) atoms. The first-order chi connectivity index (χ1) is 13.5. The summed E-state index contributed by atoms with van der Waals surface area (Å²) in [6.45, 7) is 1.92. The fourth-order valence-electron chi connectivity index (χ4n) is 2.25. The van der Waals surface area contributed by atoms with Gasteiger partial charge in [0.25, 0.3) is 5.91 Å². The van der Waals surface area contributed by atoms with Crippen molar-refractivity contribution in [2.75, 3.05) is 7.11 Å². The Balaban J connectivity index is 2.01. The number of benzene rings is 2. The van der Waals surface area contributed by atoms with Gasteiger partial charge in [-0.1, -0.05) is 42.5 Å². The molecule has 2 rings (SSSR count). The van der Waals surface area contributed by atoms with E-state index in [1.54, 1.807) is 26.2 Å². The van der Waals surface area contributed by atoms with Crippen molar-refractivity contribution in [2.45, 2.75) is 20.1 Å². The van der Waals surface area contributed by atoms with Gasteiger partial charge in [-0.25, -0.2) is 4.79 Å². The molecule has 0 aromatic heterocycles. The summed E-state index contributed by atoms with van der Waals surface area (Å²) in [5.41, 5.74) is 7.47. The predicted octanol–water partition coefficient (Wildman–Crippen LogP) is 2.95. The minimum Gasteiger partial charge on any atom is -0.497 e. The fourth-order valence-corrected chi connectivity index (χ4v) is 2.25. The number of amides is 2. The van der Waals surface area contributed by atoms with Gasteiger partial charge in [0.2, 0.25) is 0 Å². The Morgan fingerprint density at radius 3 is 2.36 bits per heavy atom. The Hall–Kier alpha value is -3.61. The minimum atomic E-state index is -0.861. The molecule has 0 aliphatic carbocycles. The van der Waals surface area contributed by atoms with E-state index >= 15 is 0 Å². The normalized spacial score (nSPS) is 11.6. The van der Waals surface area contributed by atoms with Crippen molar-refractivity contribution in [1.82, 2.24) is 5.32 Å². The number of carbonyl (C=O) groups excluding carboxylic acids is 2. The molecule has 0 fully saturated rings. The quantitative estimate of drug-likeness (QED) is 0.718. The van der Waals surface area contributed by atoms with Crippen LogP contribution in [0.4, 0.5) is 4.79 Å². The number of hydrogen-bond acceptors (Lipinski definition) is 5. The van der Waals surface area contributed by atoms with Gasteiger partial charge in [0.1, 0.15) is 18.1 Å². The lowest BCUT2D eigenvalue weighted by Crippen LogP contribution is -2.32. The Kier molecular flexibility index (Phi) is 7.77. The second kappa shape index (κ2) is 10.5. The smallest absolute Gasteiger partial charge is 0.434 e. The van der Waals surface area contributed by atoms with Gasteiger partial charge < -0.3 is 20.5 Å². The number of carbonyl (C=O) groups is 2. The Labute approximate surface area is 163 Å². The first kappa shape index (κ1) is 20.7. The van der Waals surface area contributed by atoms with Crippen LogP contribution in [0.25, 0.3) is 0 Å². The molecular weight excluding hydrogens is 358 g/mol. The molecule has 0 saturated heterocycles. The van der Waals surface area contributed by atoms with Gasteiger partial charge in [0.05, 0.1) is 7.11 Å². The Morgan fingerprint density at radius 2 is 1.75 bits per heavy atom. The van der Waals surface area contributed by atoms with E-state index in [0.29, 0.717) is 5.57 Å². The van der Waals surface area contributed by atoms with Crippen LogP contribution in [-0.2, 0) is 22.7 Å². The number of nitrogens with zero attached hydrogens (tertiary/aromatic N) is 1. The van der Waals surface area contributed by atoms with Crippen molar-refractivity contribution in [3.8, 4) is 5.75 Å². The molecule has 0 atom stereocenters. The van der Waals surface area contributed by atoms with E-state index < -0.39 is 12.0 Å². The first-order valence-electron chi connectivity index (χ1n) is 8.63. The lowest BCUT2D eigenvalue weighted by Gasteiger charge is -2.09. The molecule has 3 N–H and O–H groups in total. The minimum absolute atomic E-state index is 0.0648. The van der Waals surface area contributed by atoms with E-state index in [2.05, 4.69) is 10.3 Å². The number of rotatable bonds is 7. The highest BCUT2D eigenvalue weighted by atomic mass is 16.5. The number of nitrogens with one attached hydrogen (secondary N) is 1. The van der Waals surface area contributed by atoms with E-state index in [1.807, 2.05) is 42.5 Å². The molecule has 0 saturated carbocycles. The molecule has 146 valence electrons. The summed E-state index contributed by atoms with van der Waals surface area (Å²) in [4.78, 5) is 28.3. The highest BCUT2D eigenvalue weighted by Gasteiger charge is 2.16. The Morgan fingerprint density at radius 1 is 1.07 bits per heavy atom. The van der Waals surface area contributed by atoms with Crippen molar-refractivity contribution in [3.63, 3.8) is 0 Å². The fraction of sp³-hybridized carbons (Fsp3) is 0.190. The third-order valence-electron chi connectivity index (χ3n) is 3.86. The number of hydrogen-bond donors (Lipinski definition) is 2. The maximum Gasteiger partial charge on any atom is 0.434 e. The predicted molar refractivity (Wildman–Crippen MR) is 107 cm³/mol. The zero-order chi connectivity index (χ0) is 20.4. The van der Waals surface area contributed by atoms with E-state index in [9.17, 15) is 9.59 Å². The zero-order valence-corrected chi connectivity index (χ0v) is 15.8. The molecular formula is C21H23N3O4. The number of aliphatic imine (C=N–C) groups is 1. The summed E-state index contributed by atoms with van der Waals surface area (Å²) >= 11 is 0. The summed E-state index contributed by atoms with van der Waals surface area (Å²) in [5.74, 6) is 0.201. The molecule has 0 heterocycles. The second-order valence-electron chi connectivity index (χ2n) is 5.88. The van der Waals surface area contributed by atoms with Gasteiger partial charge in [0, 0.05) is 6.54 Å². The van der Waals surface area contributed by atoms with Gasteiger partial charge in [-0.2, -0.15) is 4.99 Å². The third-order valence-corrected chi connectivity index (χ3v) is 3.86. The summed E-state index contributed by atoms with van der Waals surface area (Å²) in [5, 5.41) is 2.72. The summed E-state index contributed by atoms with van der Waals surface area (Å²) in [7, 11) is 1.58. The average molecular weight is 381 g/mol. The molecule has 7 heteroatoms. The van der Waals surface area contributed by atoms with Crippen LogP contribution in [-0.4, -0.2) is 24.8 Å². The molecule has 2 aromatic carbocycles. The molecule has 0 spiro atoms. The van der Waals surface area contributed by atoms with Crippen LogP contribution in [0.5, 0.6) is 5.75 Å². The van der Waals surface area contributed by atoms with Crippen LogP contribution in [0.15, 0.2) is 71.4 Å². The van der Waals surface area contributed by atoms with Crippen LogP contribution in [0.1, 0.15) is 18.1 Å². The molecule has 0 unspecified atom stereocenters. The molecule has 0 aliphatic heterocycles. The standard InChI is InChI=1S/C21H23N3O4/c1-15(12-22)19(24-21(26)28-14-17-6-4-3-5-7-17)20(25)23-13-16-8-10-18(27-2)11-9-16/h3-12H,13-14,22H2,1-2H3,(H,23,25)/b15-12-,24-19+. The molecule has 0 bridgehead atoms. The van der Waals surface area contributed by atoms with Gasteiger partial charge in [-0.15, -0.1) is 0 Å². The number of methoxy groups -OCH3 is 1. The number of ether oxygens (including phenoxy) is 2.